The summed E-state index contributed by atoms with van der Waals surface area (Å²) in [6.07, 6.45) is 0. The van der Waals surface area contributed by atoms with Gasteiger partial charge in [0, 0.05) is 12.7 Å². The molecule has 0 radical (unpaired) electrons. The Morgan fingerprint density at radius 1 is 1.00 bits per heavy atom. The Labute approximate surface area is 132 Å². The maximum absolute atomic E-state index is 12.1. The summed E-state index contributed by atoms with van der Waals surface area (Å²) in [7, 11) is 1.75. The van der Waals surface area contributed by atoms with Gasteiger partial charge in [-0.3, -0.25) is 4.79 Å². The number of nitrogens with zero attached hydrogens (tertiary/aromatic N) is 1. The first-order chi connectivity index (χ1) is 10.4. The Morgan fingerprint density at radius 3 is 2.14 bits per heavy atom. The van der Waals surface area contributed by atoms with Crippen LogP contribution in [0.5, 0.6) is 5.75 Å². The molecule has 3 nitrogen and oxygen atoms in total. The van der Waals surface area contributed by atoms with Crippen molar-refractivity contribution in [2.24, 2.45) is 0 Å². The molecule has 2 rings (SSSR count). The number of rotatable bonds is 4. The van der Waals surface area contributed by atoms with Crippen LogP contribution in [-0.2, 0) is 10.2 Å². The molecule has 1 amide bonds. The average Bonchev–Trinajstić information content (AvgIpc) is 2.52. The smallest absolute Gasteiger partial charge is 0.264 e. The van der Waals surface area contributed by atoms with Gasteiger partial charge in [0.1, 0.15) is 5.75 Å². The number of likely N-dealkylation sites (N-methyl/N-ethyl adjacent to an activating group) is 1. The number of anilines is 1. The highest BCUT2D eigenvalue weighted by Gasteiger charge is 2.14. The molecule has 0 aliphatic rings. The molecule has 0 aromatic heterocycles. The summed E-state index contributed by atoms with van der Waals surface area (Å²) < 4.78 is 5.59. The molecular formula is C19H23NO2. The van der Waals surface area contributed by atoms with Gasteiger partial charge < -0.3 is 9.64 Å². The van der Waals surface area contributed by atoms with E-state index in [1.807, 2.05) is 54.6 Å². The highest BCUT2D eigenvalue weighted by Crippen LogP contribution is 2.24. The Kier molecular flexibility index (Phi) is 4.86. The summed E-state index contributed by atoms with van der Waals surface area (Å²) in [6.45, 7) is 6.53. The second-order valence-electron chi connectivity index (χ2n) is 6.35. The van der Waals surface area contributed by atoms with Gasteiger partial charge >= 0.3 is 0 Å². The van der Waals surface area contributed by atoms with Gasteiger partial charge in [-0.15, -0.1) is 0 Å². The third-order valence-corrected chi connectivity index (χ3v) is 3.60. The Bertz CT molecular complexity index is 612. The second-order valence-corrected chi connectivity index (χ2v) is 6.35. The van der Waals surface area contributed by atoms with E-state index in [1.54, 1.807) is 11.9 Å². The van der Waals surface area contributed by atoms with Gasteiger partial charge in [-0.25, -0.2) is 0 Å². The third-order valence-electron chi connectivity index (χ3n) is 3.60. The molecule has 0 saturated carbocycles. The predicted octanol–water partition coefficient (Wildman–Crippen LogP) is 4.03. The van der Waals surface area contributed by atoms with Crippen LogP contribution < -0.4 is 9.64 Å². The van der Waals surface area contributed by atoms with E-state index in [9.17, 15) is 4.79 Å². The fraction of sp³-hybridized carbons (Fsp3) is 0.316. The number of carbonyl (C=O) groups is 1. The molecule has 0 atom stereocenters. The SMILES string of the molecule is CN(C(=O)COc1ccc(C(C)(C)C)cc1)c1ccccc1. The first-order valence-electron chi connectivity index (χ1n) is 7.43. The van der Waals surface area contributed by atoms with E-state index >= 15 is 0 Å². The van der Waals surface area contributed by atoms with Crippen molar-refractivity contribution in [3.8, 4) is 5.75 Å². The average molecular weight is 297 g/mol. The number of benzene rings is 2. The van der Waals surface area contributed by atoms with Crippen molar-refractivity contribution in [1.82, 2.24) is 0 Å². The van der Waals surface area contributed by atoms with Gasteiger partial charge in [-0.1, -0.05) is 51.1 Å². The van der Waals surface area contributed by atoms with Gasteiger partial charge in [0.05, 0.1) is 0 Å². The second kappa shape index (κ2) is 6.65. The molecule has 2 aromatic carbocycles. The fourth-order valence-corrected chi connectivity index (χ4v) is 2.09. The van der Waals surface area contributed by atoms with E-state index in [1.165, 1.54) is 5.56 Å². The van der Waals surface area contributed by atoms with Crippen molar-refractivity contribution in [3.63, 3.8) is 0 Å². The number of ether oxygens (including phenoxy) is 1. The topological polar surface area (TPSA) is 29.5 Å². The van der Waals surface area contributed by atoms with Crippen molar-refractivity contribution in [1.29, 1.82) is 0 Å². The fourth-order valence-electron chi connectivity index (χ4n) is 2.09. The molecule has 116 valence electrons. The van der Waals surface area contributed by atoms with E-state index in [4.69, 9.17) is 4.74 Å². The summed E-state index contributed by atoms with van der Waals surface area (Å²) in [6, 6.07) is 17.5. The van der Waals surface area contributed by atoms with Crippen molar-refractivity contribution < 1.29 is 9.53 Å². The van der Waals surface area contributed by atoms with Crippen molar-refractivity contribution >= 4 is 11.6 Å². The lowest BCUT2D eigenvalue weighted by molar-refractivity contribution is -0.120. The Hall–Kier alpha value is -2.29. The zero-order valence-corrected chi connectivity index (χ0v) is 13.7. The summed E-state index contributed by atoms with van der Waals surface area (Å²) >= 11 is 0. The van der Waals surface area contributed by atoms with Crippen LogP contribution in [0.15, 0.2) is 54.6 Å². The lowest BCUT2D eigenvalue weighted by Crippen LogP contribution is -2.31. The maximum Gasteiger partial charge on any atom is 0.264 e. The normalized spacial score (nSPS) is 11.1. The van der Waals surface area contributed by atoms with Gasteiger partial charge in [0.25, 0.3) is 5.91 Å². The largest absolute Gasteiger partial charge is 0.484 e. The quantitative estimate of drug-likeness (QED) is 0.853. The third kappa shape index (κ3) is 4.10. The molecule has 0 N–H and O–H groups in total. The highest BCUT2D eigenvalue weighted by atomic mass is 16.5. The van der Waals surface area contributed by atoms with Gasteiger partial charge in [0.2, 0.25) is 0 Å². The van der Waals surface area contributed by atoms with Crippen LogP contribution in [0.1, 0.15) is 26.3 Å². The maximum atomic E-state index is 12.1. The molecular weight excluding hydrogens is 274 g/mol. The van der Waals surface area contributed by atoms with Gasteiger partial charge in [0.15, 0.2) is 6.61 Å². The van der Waals surface area contributed by atoms with E-state index in [0.717, 1.165) is 5.69 Å². The lowest BCUT2D eigenvalue weighted by Gasteiger charge is -2.20. The minimum Gasteiger partial charge on any atom is -0.484 e. The van der Waals surface area contributed by atoms with E-state index in [0.29, 0.717) is 5.75 Å². The molecule has 0 aliphatic heterocycles. The number of para-hydroxylation sites is 1. The Balaban J connectivity index is 1.94. The van der Waals surface area contributed by atoms with Crippen LogP contribution >= 0.6 is 0 Å². The van der Waals surface area contributed by atoms with Crippen LogP contribution in [0.2, 0.25) is 0 Å². The summed E-state index contributed by atoms with van der Waals surface area (Å²) in [5, 5.41) is 0. The summed E-state index contributed by atoms with van der Waals surface area (Å²) in [4.78, 5) is 13.7. The molecule has 0 saturated heterocycles. The van der Waals surface area contributed by atoms with Crippen LogP contribution in [-0.4, -0.2) is 19.6 Å². The molecule has 0 unspecified atom stereocenters. The van der Waals surface area contributed by atoms with Crippen LogP contribution in [0.3, 0.4) is 0 Å². The van der Waals surface area contributed by atoms with E-state index < -0.39 is 0 Å². The highest BCUT2D eigenvalue weighted by molar-refractivity contribution is 5.93. The van der Waals surface area contributed by atoms with Crippen LogP contribution in [0.25, 0.3) is 0 Å². The minimum atomic E-state index is -0.0777. The number of carbonyl (C=O) groups excluding carboxylic acids is 1. The molecule has 22 heavy (non-hydrogen) atoms. The Morgan fingerprint density at radius 2 is 1.59 bits per heavy atom. The number of amides is 1. The van der Waals surface area contributed by atoms with Crippen molar-refractivity contribution in [2.75, 3.05) is 18.6 Å². The number of hydrogen-bond acceptors (Lipinski definition) is 2. The van der Waals surface area contributed by atoms with Gasteiger partial charge in [-0.2, -0.15) is 0 Å². The van der Waals surface area contributed by atoms with Crippen molar-refractivity contribution in [3.05, 3.63) is 60.2 Å². The molecule has 0 fully saturated rings. The lowest BCUT2D eigenvalue weighted by atomic mass is 9.87. The van der Waals surface area contributed by atoms with E-state index in [2.05, 4.69) is 20.8 Å². The molecule has 0 spiro atoms. The van der Waals surface area contributed by atoms with Crippen molar-refractivity contribution in [2.45, 2.75) is 26.2 Å². The standard InChI is InChI=1S/C19H23NO2/c1-19(2,3)15-10-12-17(13-11-15)22-14-18(21)20(4)16-8-6-5-7-9-16/h5-13H,14H2,1-4H3. The minimum absolute atomic E-state index is 0.0280. The van der Waals surface area contributed by atoms with E-state index in [-0.39, 0.29) is 17.9 Å². The molecule has 2 aromatic rings. The first kappa shape index (κ1) is 16.1. The molecule has 0 heterocycles. The predicted molar refractivity (Wildman–Crippen MR) is 90.5 cm³/mol. The summed E-state index contributed by atoms with van der Waals surface area (Å²) in [5.74, 6) is 0.633. The summed E-state index contributed by atoms with van der Waals surface area (Å²) in [5.41, 5.74) is 2.22. The monoisotopic (exact) mass is 297 g/mol. The molecule has 0 aliphatic carbocycles. The van der Waals surface area contributed by atoms with Crippen LogP contribution in [0, 0.1) is 0 Å². The zero-order chi connectivity index (χ0) is 16.2. The van der Waals surface area contributed by atoms with Crippen LogP contribution in [0.4, 0.5) is 5.69 Å². The van der Waals surface area contributed by atoms with Gasteiger partial charge in [-0.05, 0) is 35.2 Å². The zero-order valence-electron chi connectivity index (χ0n) is 13.7. The molecule has 0 bridgehead atoms. The number of hydrogen-bond donors (Lipinski definition) is 0. The molecule has 3 heteroatoms. The first-order valence-corrected chi connectivity index (χ1v) is 7.43.